The second-order valence-corrected chi connectivity index (χ2v) is 2.66. The molecular formula is C7H7F3O3. The van der Waals surface area contributed by atoms with Crippen molar-refractivity contribution < 1.29 is 28.5 Å². The molecule has 1 rings (SSSR count). The zero-order valence-electron chi connectivity index (χ0n) is 6.28. The predicted molar refractivity (Wildman–Crippen MR) is 36.5 cm³/mol. The summed E-state index contributed by atoms with van der Waals surface area (Å²) in [7, 11) is 0. The number of hydrogen-bond donors (Lipinski definition) is 3. The van der Waals surface area contributed by atoms with Gasteiger partial charge in [0.05, 0.1) is 5.57 Å². The summed E-state index contributed by atoms with van der Waals surface area (Å²) in [6.45, 7) is 0. The van der Waals surface area contributed by atoms with E-state index in [1.807, 2.05) is 0 Å². The molecule has 3 nitrogen and oxygen atoms in total. The maximum atomic E-state index is 12.1. The monoisotopic (exact) mass is 196 g/mol. The van der Waals surface area contributed by atoms with Gasteiger partial charge in [0.1, 0.15) is 6.10 Å². The zero-order chi connectivity index (χ0) is 10.3. The van der Waals surface area contributed by atoms with Gasteiger partial charge in [-0.25, -0.2) is 0 Å². The Morgan fingerprint density at radius 2 is 1.85 bits per heavy atom. The molecule has 0 bridgehead atoms. The Morgan fingerprint density at radius 1 is 1.31 bits per heavy atom. The van der Waals surface area contributed by atoms with Gasteiger partial charge < -0.3 is 15.3 Å². The minimum atomic E-state index is -4.76. The van der Waals surface area contributed by atoms with Gasteiger partial charge in [-0.2, -0.15) is 13.2 Å². The Bertz CT molecular complexity index is 265. The summed E-state index contributed by atoms with van der Waals surface area (Å²) < 4.78 is 36.2. The van der Waals surface area contributed by atoms with Crippen molar-refractivity contribution in [3.8, 4) is 0 Å². The maximum absolute atomic E-state index is 12.1. The molecule has 1 atom stereocenters. The Kier molecular flexibility index (Phi) is 2.23. The van der Waals surface area contributed by atoms with Crippen LogP contribution in [0.3, 0.4) is 0 Å². The van der Waals surface area contributed by atoms with Crippen LogP contribution in [0.4, 0.5) is 13.2 Å². The van der Waals surface area contributed by atoms with Crippen LogP contribution < -0.4 is 0 Å². The fourth-order valence-corrected chi connectivity index (χ4v) is 0.954. The molecule has 1 aliphatic rings. The van der Waals surface area contributed by atoms with Crippen LogP contribution in [0.1, 0.15) is 0 Å². The molecule has 0 spiro atoms. The van der Waals surface area contributed by atoms with Gasteiger partial charge in [-0.15, -0.1) is 0 Å². The molecule has 0 unspecified atom stereocenters. The van der Waals surface area contributed by atoms with Crippen LogP contribution in [0.5, 0.6) is 0 Å². The fraction of sp³-hybridized carbons (Fsp3) is 0.429. The van der Waals surface area contributed by atoms with Gasteiger partial charge in [-0.1, -0.05) is 12.2 Å². The number of aliphatic hydroxyl groups is 3. The highest BCUT2D eigenvalue weighted by molar-refractivity contribution is 5.30. The van der Waals surface area contributed by atoms with Crippen LogP contribution in [0.25, 0.3) is 0 Å². The van der Waals surface area contributed by atoms with E-state index in [1.165, 1.54) is 0 Å². The van der Waals surface area contributed by atoms with Crippen molar-refractivity contribution in [1.29, 1.82) is 0 Å². The summed E-state index contributed by atoms with van der Waals surface area (Å²) in [5.41, 5.74) is -1.38. The molecule has 0 aromatic rings. The quantitative estimate of drug-likeness (QED) is 0.481. The topological polar surface area (TPSA) is 60.7 Å². The number of hydrogen-bond acceptors (Lipinski definition) is 3. The summed E-state index contributed by atoms with van der Waals surface area (Å²) in [4.78, 5) is 0. The van der Waals surface area contributed by atoms with Crippen LogP contribution in [0.15, 0.2) is 23.8 Å². The maximum Gasteiger partial charge on any atom is 0.415 e. The van der Waals surface area contributed by atoms with Gasteiger partial charge in [-0.05, 0) is 6.08 Å². The van der Waals surface area contributed by atoms with Crippen molar-refractivity contribution in [2.45, 2.75) is 18.1 Å². The van der Waals surface area contributed by atoms with Crippen molar-refractivity contribution in [1.82, 2.24) is 0 Å². The van der Waals surface area contributed by atoms with E-state index in [1.54, 1.807) is 0 Å². The summed E-state index contributed by atoms with van der Waals surface area (Å²) in [5, 5.41) is 26.6. The van der Waals surface area contributed by atoms with Gasteiger partial charge in [0.2, 0.25) is 5.79 Å². The van der Waals surface area contributed by atoms with E-state index in [9.17, 15) is 13.2 Å². The van der Waals surface area contributed by atoms with E-state index in [4.69, 9.17) is 15.3 Å². The lowest BCUT2D eigenvalue weighted by molar-refractivity contribution is -0.199. The Balaban J connectivity index is 3.02. The average Bonchev–Trinajstić information content (AvgIpc) is 1.92. The Labute approximate surface area is 71.4 Å². The molecule has 1 aliphatic carbocycles. The number of halogens is 3. The van der Waals surface area contributed by atoms with E-state index >= 15 is 0 Å². The summed E-state index contributed by atoms with van der Waals surface area (Å²) in [6, 6.07) is 0. The van der Waals surface area contributed by atoms with Crippen LogP contribution >= 0.6 is 0 Å². The minimum Gasteiger partial charge on any atom is -0.382 e. The molecule has 74 valence electrons. The summed E-state index contributed by atoms with van der Waals surface area (Å²) in [5.74, 6) is -2.85. The molecule has 6 heteroatoms. The minimum absolute atomic E-state index is 0.593. The van der Waals surface area contributed by atoms with Gasteiger partial charge in [0, 0.05) is 0 Å². The molecule has 0 aromatic heterocycles. The predicted octanol–water partition coefficient (Wildman–Crippen LogP) is 0.0867. The van der Waals surface area contributed by atoms with Crippen LogP contribution in [0.2, 0.25) is 0 Å². The van der Waals surface area contributed by atoms with Crippen molar-refractivity contribution >= 4 is 0 Å². The molecular weight excluding hydrogens is 189 g/mol. The van der Waals surface area contributed by atoms with Crippen molar-refractivity contribution in [3.05, 3.63) is 23.8 Å². The second kappa shape index (κ2) is 2.83. The number of alkyl halides is 3. The van der Waals surface area contributed by atoms with Crippen LogP contribution in [0, 0.1) is 0 Å². The molecule has 0 aliphatic heterocycles. The van der Waals surface area contributed by atoms with Crippen LogP contribution in [-0.2, 0) is 0 Å². The number of allylic oxidation sites excluding steroid dienone is 2. The second-order valence-electron chi connectivity index (χ2n) is 2.66. The average molecular weight is 196 g/mol. The van der Waals surface area contributed by atoms with Crippen molar-refractivity contribution in [2.75, 3.05) is 0 Å². The van der Waals surface area contributed by atoms with Crippen molar-refractivity contribution in [3.63, 3.8) is 0 Å². The highest BCUT2D eigenvalue weighted by Crippen LogP contribution is 2.34. The summed E-state index contributed by atoms with van der Waals surface area (Å²) in [6.07, 6.45) is -5.03. The van der Waals surface area contributed by atoms with Gasteiger partial charge in [-0.3, -0.25) is 0 Å². The molecule has 0 aromatic carbocycles. The SMILES string of the molecule is O[C@H]1C(C(F)(F)F)=CC=CC1(O)O. The first kappa shape index (κ1) is 10.2. The fourth-order valence-electron chi connectivity index (χ4n) is 0.954. The lowest BCUT2D eigenvalue weighted by Gasteiger charge is -2.29. The molecule has 13 heavy (non-hydrogen) atoms. The first-order valence-electron chi connectivity index (χ1n) is 3.34. The molecule has 0 heterocycles. The highest BCUT2D eigenvalue weighted by Gasteiger charge is 2.46. The molecule has 0 saturated heterocycles. The molecule has 0 amide bonds. The van der Waals surface area contributed by atoms with Gasteiger partial charge >= 0.3 is 6.18 Å². The molecule has 3 N–H and O–H groups in total. The first-order valence-corrected chi connectivity index (χ1v) is 3.34. The third kappa shape index (κ3) is 1.90. The molecule has 0 fully saturated rings. The van der Waals surface area contributed by atoms with E-state index in [0.717, 1.165) is 6.08 Å². The molecule has 0 saturated carbocycles. The zero-order valence-corrected chi connectivity index (χ0v) is 6.28. The smallest absolute Gasteiger partial charge is 0.382 e. The highest BCUT2D eigenvalue weighted by atomic mass is 19.4. The Morgan fingerprint density at radius 3 is 2.23 bits per heavy atom. The largest absolute Gasteiger partial charge is 0.415 e. The third-order valence-corrected chi connectivity index (χ3v) is 1.64. The van der Waals surface area contributed by atoms with E-state index in [2.05, 4.69) is 0 Å². The van der Waals surface area contributed by atoms with E-state index < -0.39 is 23.6 Å². The lowest BCUT2D eigenvalue weighted by Crippen LogP contribution is -2.46. The normalized spacial score (nSPS) is 27.2. The van der Waals surface area contributed by atoms with Gasteiger partial charge in [0.15, 0.2) is 0 Å². The Hall–Kier alpha value is -0.850. The standard InChI is InChI=1S/C7H7F3O3/c8-7(9,10)4-2-1-3-6(12,13)5(4)11/h1-3,5,11-13H/t5-/m0/s1. The molecule has 0 radical (unpaired) electrons. The lowest BCUT2D eigenvalue weighted by atomic mass is 9.96. The number of aliphatic hydroxyl groups excluding tert-OH is 1. The third-order valence-electron chi connectivity index (χ3n) is 1.64. The van der Waals surface area contributed by atoms with E-state index in [0.29, 0.717) is 12.2 Å². The first-order chi connectivity index (χ1) is 5.75. The summed E-state index contributed by atoms with van der Waals surface area (Å²) >= 11 is 0. The number of rotatable bonds is 0. The van der Waals surface area contributed by atoms with Crippen molar-refractivity contribution in [2.24, 2.45) is 0 Å². The van der Waals surface area contributed by atoms with Gasteiger partial charge in [0.25, 0.3) is 0 Å². The van der Waals surface area contributed by atoms with E-state index in [-0.39, 0.29) is 0 Å². The van der Waals surface area contributed by atoms with Crippen LogP contribution in [-0.4, -0.2) is 33.4 Å².